The van der Waals surface area contributed by atoms with Gasteiger partial charge in [-0.1, -0.05) is 6.92 Å². The van der Waals surface area contributed by atoms with Crippen molar-refractivity contribution in [3.05, 3.63) is 0 Å². The molecule has 5 aliphatic rings. The van der Waals surface area contributed by atoms with Gasteiger partial charge >= 0.3 is 0 Å². The maximum absolute atomic E-state index is 8.27. The van der Waals surface area contributed by atoms with Crippen LogP contribution in [0.1, 0.15) is 40.4 Å². The topological polar surface area (TPSA) is 0 Å². The van der Waals surface area contributed by atoms with Crippen molar-refractivity contribution in [1.82, 2.24) is 0 Å². The van der Waals surface area contributed by atoms with Gasteiger partial charge in [-0.05, 0) is 61.7 Å². The van der Waals surface area contributed by atoms with Crippen molar-refractivity contribution in [1.29, 1.82) is 0 Å². The fourth-order valence-electron chi connectivity index (χ4n) is 3.98. The summed E-state index contributed by atoms with van der Waals surface area (Å²) < 4.78 is 8.27. The van der Waals surface area contributed by atoms with Gasteiger partial charge < -0.3 is 0 Å². The monoisotopic (exact) mass is 151 g/mol. The molecular formula is C11H18. The normalized spacial score (nSPS) is 68.3. The number of hydrogen-bond donors (Lipinski definition) is 0. The van der Waals surface area contributed by atoms with Crippen LogP contribution in [0.2, 0.25) is 0 Å². The third-order valence-corrected chi connectivity index (χ3v) is 4.52. The van der Waals surface area contributed by atoms with E-state index in [1.165, 1.54) is 32.1 Å². The van der Waals surface area contributed by atoms with Crippen molar-refractivity contribution < 1.29 is 1.37 Å². The molecule has 0 heteroatoms. The van der Waals surface area contributed by atoms with E-state index < -0.39 is 0 Å². The van der Waals surface area contributed by atoms with Gasteiger partial charge in [-0.25, -0.2) is 0 Å². The van der Waals surface area contributed by atoms with Gasteiger partial charge in [-0.2, -0.15) is 0 Å². The van der Waals surface area contributed by atoms with Gasteiger partial charge in [0.25, 0.3) is 0 Å². The molecule has 0 nitrogen and oxygen atoms in total. The lowest BCUT2D eigenvalue weighted by Gasteiger charge is -2.55. The van der Waals surface area contributed by atoms with E-state index in [1.54, 1.807) is 0 Å². The first kappa shape index (κ1) is 5.61. The summed E-state index contributed by atoms with van der Waals surface area (Å²) in [5, 5.41) is 0. The molecule has 0 N–H and O–H groups in total. The highest BCUT2D eigenvalue weighted by atomic mass is 14.5. The van der Waals surface area contributed by atoms with Crippen LogP contribution in [0.25, 0.3) is 0 Å². The van der Waals surface area contributed by atoms with E-state index in [2.05, 4.69) is 6.92 Å². The van der Waals surface area contributed by atoms with E-state index in [0.29, 0.717) is 0 Å². The first-order valence-electron chi connectivity index (χ1n) is 5.67. The second kappa shape index (κ2) is 2.02. The fourth-order valence-corrected chi connectivity index (χ4v) is 3.98. The molecule has 5 aliphatic carbocycles. The van der Waals surface area contributed by atoms with E-state index in [4.69, 9.17) is 1.37 Å². The summed E-state index contributed by atoms with van der Waals surface area (Å²) in [6.45, 7) is 2.18. The van der Waals surface area contributed by atoms with Gasteiger partial charge in [-0.15, -0.1) is 0 Å². The molecule has 4 unspecified atom stereocenters. The zero-order valence-electron chi connectivity index (χ0n) is 8.34. The van der Waals surface area contributed by atoms with Crippen molar-refractivity contribution in [2.75, 3.05) is 0 Å². The number of fused-ring (bicyclic) bond motifs is 2. The van der Waals surface area contributed by atoms with Crippen molar-refractivity contribution in [3.8, 4) is 0 Å². The minimum absolute atomic E-state index is 0.0511. The molecule has 0 heterocycles. The zero-order chi connectivity index (χ0) is 8.34. The highest BCUT2D eigenvalue weighted by molar-refractivity contribution is 4.98. The minimum atomic E-state index is -0.0511. The van der Waals surface area contributed by atoms with Gasteiger partial charge in [-0.3, -0.25) is 0 Å². The summed E-state index contributed by atoms with van der Waals surface area (Å²) in [6, 6.07) is 0. The molecular weight excluding hydrogens is 132 g/mol. The Bertz CT molecular complexity index is 209. The minimum Gasteiger partial charge on any atom is -0.0622 e. The van der Waals surface area contributed by atoms with Crippen LogP contribution in [0, 0.1) is 29.6 Å². The lowest BCUT2D eigenvalue weighted by Crippen LogP contribution is -2.46. The molecule has 0 aromatic carbocycles. The van der Waals surface area contributed by atoms with Crippen molar-refractivity contribution in [2.24, 2.45) is 29.6 Å². The molecule has 0 aromatic rings. The Morgan fingerprint density at radius 3 is 2.36 bits per heavy atom. The van der Waals surface area contributed by atoms with E-state index in [0.717, 1.165) is 23.7 Å². The third-order valence-electron chi connectivity index (χ3n) is 4.52. The lowest BCUT2D eigenvalue weighted by molar-refractivity contribution is -0.0525. The molecule has 0 aromatic heterocycles. The SMILES string of the molecule is [2H][C@]1(C)CC2CC3CCC2CC31. The van der Waals surface area contributed by atoms with Crippen LogP contribution < -0.4 is 0 Å². The quantitative estimate of drug-likeness (QED) is 0.499. The maximum Gasteiger partial charge on any atom is 0.0303 e. The van der Waals surface area contributed by atoms with Crippen LogP contribution >= 0.6 is 0 Å². The molecule has 11 heavy (non-hydrogen) atoms. The van der Waals surface area contributed by atoms with Crippen molar-refractivity contribution >= 4 is 0 Å². The predicted molar refractivity (Wildman–Crippen MR) is 46.2 cm³/mol. The van der Waals surface area contributed by atoms with E-state index in [-0.39, 0.29) is 5.89 Å². The molecule has 0 aliphatic heterocycles. The van der Waals surface area contributed by atoms with Crippen LogP contribution in [-0.4, -0.2) is 0 Å². The lowest BCUT2D eigenvalue weighted by atomic mass is 9.50. The molecule has 5 rings (SSSR count). The van der Waals surface area contributed by atoms with Gasteiger partial charge in [0, 0.05) is 1.37 Å². The Morgan fingerprint density at radius 2 is 1.82 bits per heavy atom. The molecule has 0 amide bonds. The average Bonchev–Trinajstić information content (AvgIpc) is 2.03. The van der Waals surface area contributed by atoms with Gasteiger partial charge in [0.1, 0.15) is 0 Å². The largest absolute Gasteiger partial charge is 0.0622 e. The van der Waals surface area contributed by atoms with Gasteiger partial charge in [0.2, 0.25) is 0 Å². The molecule has 4 bridgehead atoms. The smallest absolute Gasteiger partial charge is 0.0303 e. The molecule has 0 saturated heterocycles. The second-order valence-electron chi connectivity index (χ2n) is 4.99. The summed E-state index contributed by atoms with van der Waals surface area (Å²) in [6.07, 6.45) is 7.01. The van der Waals surface area contributed by atoms with E-state index in [9.17, 15) is 0 Å². The maximum atomic E-state index is 8.27. The summed E-state index contributed by atoms with van der Waals surface area (Å²) >= 11 is 0. The zero-order valence-corrected chi connectivity index (χ0v) is 7.34. The van der Waals surface area contributed by atoms with Crippen LogP contribution in [0.4, 0.5) is 0 Å². The molecule has 0 radical (unpaired) electrons. The Kier molecular flexibility index (Phi) is 1.03. The highest BCUT2D eigenvalue weighted by Gasteiger charge is 2.48. The fraction of sp³-hybridized carbons (Fsp3) is 1.00. The summed E-state index contributed by atoms with van der Waals surface area (Å²) in [5.41, 5.74) is 0. The van der Waals surface area contributed by atoms with Gasteiger partial charge in [0.15, 0.2) is 0 Å². The summed E-state index contributed by atoms with van der Waals surface area (Å²) in [5.74, 6) is 3.62. The highest BCUT2D eigenvalue weighted by Crippen LogP contribution is 2.57. The number of rotatable bonds is 0. The molecule has 5 fully saturated rings. The standard InChI is InChI=1S/C11H18/c1-7-4-10-5-9-3-2-8(10)6-11(7)9/h7-11H,2-6H2,1H3/t7-,8?,9?,10?,11?/m0/s1/i7D. The van der Waals surface area contributed by atoms with E-state index in [1.807, 2.05) is 0 Å². The number of hydrogen-bond acceptors (Lipinski definition) is 0. The molecule has 5 saturated carbocycles. The van der Waals surface area contributed by atoms with Crippen molar-refractivity contribution in [2.45, 2.75) is 39.0 Å². The van der Waals surface area contributed by atoms with Gasteiger partial charge in [0.05, 0.1) is 0 Å². The van der Waals surface area contributed by atoms with E-state index >= 15 is 0 Å². The third kappa shape index (κ3) is 0.761. The summed E-state index contributed by atoms with van der Waals surface area (Å²) in [4.78, 5) is 0. The van der Waals surface area contributed by atoms with Crippen LogP contribution in [-0.2, 0) is 0 Å². The molecule has 0 spiro atoms. The molecule has 62 valence electrons. The van der Waals surface area contributed by atoms with Crippen LogP contribution in [0.15, 0.2) is 0 Å². The first-order chi connectivity index (χ1) is 5.67. The van der Waals surface area contributed by atoms with Crippen LogP contribution in [0.5, 0.6) is 0 Å². The molecule has 5 atom stereocenters. The first-order valence-corrected chi connectivity index (χ1v) is 5.17. The average molecular weight is 151 g/mol. The predicted octanol–water partition coefficient (Wildman–Crippen LogP) is 3.08. The Hall–Kier alpha value is 0. The Morgan fingerprint density at radius 1 is 1.00 bits per heavy atom. The Balaban J connectivity index is 1.96. The van der Waals surface area contributed by atoms with Crippen molar-refractivity contribution in [3.63, 3.8) is 0 Å². The second-order valence-corrected chi connectivity index (χ2v) is 4.99. The Labute approximate surface area is 70.8 Å². The van der Waals surface area contributed by atoms with Crippen LogP contribution in [0.3, 0.4) is 0 Å². The summed E-state index contributed by atoms with van der Waals surface area (Å²) in [7, 11) is 0.